The second kappa shape index (κ2) is 66.4. The molecule has 0 heterocycles. The zero-order valence-corrected chi connectivity index (χ0v) is 52.0. The smallest absolute Gasteiger partial charge is 0.305 e. The first-order valence-corrected chi connectivity index (χ1v) is 35.3. The topological polar surface area (TPSA) is 95.9 Å². The van der Waals surface area contributed by atoms with Crippen molar-refractivity contribution in [3.05, 3.63) is 0 Å². The molecule has 0 fully saturated rings. The van der Waals surface area contributed by atoms with Crippen molar-refractivity contribution in [2.24, 2.45) is 0 Å². The second-order valence-corrected chi connectivity index (χ2v) is 24.6. The van der Waals surface area contributed by atoms with E-state index in [0.717, 1.165) is 38.5 Å². The zero-order chi connectivity index (χ0) is 55.0. The van der Waals surface area contributed by atoms with Crippen LogP contribution < -0.4 is 5.32 Å². The standard InChI is InChI=1S/C70H139NO5/c1-3-5-7-9-11-13-14-15-37-41-44-48-52-56-60-64-70(75)76-65-61-57-53-49-45-42-39-36-34-32-30-28-26-24-22-20-18-16-17-19-21-23-25-27-29-31-33-35-38-40-43-47-51-55-59-63-69(74)71-67(66-72)68(73)62-58-54-50-46-12-10-8-6-4-2/h67-68,72-73H,3-66H2,1-2H3,(H,71,74). The molecule has 1 amide bonds. The molecule has 0 saturated heterocycles. The molecule has 6 nitrogen and oxygen atoms in total. The minimum Gasteiger partial charge on any atom is -0.466 e. The van der Waals surface area contributed by atoms with E-state index in [0.29, 0.717) is 25.9 Å². The number of aliphatic hydroxyl groups is 2. The average Bonchev–Trinajstić information content (AvgIpc) is 3.42. The van der Waals surface area contributed by atoms with E-state index in [-0.39, 0.29) is 18.5 Å². The second-order valence-electron chi connectivity index (χ2n) is 24.6. The van der Waals surface area contributed by atoms with Gasteiger partial charge in [0.1, 0.15) is 0 Å². The Morgan fingerprint density at radius 2 is 0.539 bits per heavy atom. The van der Waals surface area contributed by atoms with E-state index < -0.39 is 12.1 Å². The molecular formula is C70H139NO5. The Morgan fingerprint density at radius 3 is 0.803 bits per heavy atom. The molecule has 2 atom stereocenters. The van der Waals surface area contributed by atoms with Crippen LogP contribution in [0.1, 0.15) is 412 Å². The summed E-state index contributed by atoms with van der Waals surface area (Å²) < 4.78 is 5.50. The Labute approximate surface area is 476 Å². The fourth-order valence-electron chi connectivity index (χ4n) is 11.5. The van der Waals surface area contributed by atoms with Crippen molar-refractivity contribution in [3.63, 3.8) is 0 Å². The molecule has 0 aromatic heterocycles. The third-order valence-electron chi connectivity index (χ3n) is 16.9. The Kier molecular flexibility index (Phi) is 65.4. The molecule has 0 saturated carbocycles. The highest BCUT2D eigenvalue weighted by Gasteiger charge is 2.20. The highest BCUT2D eigenvalue weighted by atomic mass is 16.5. The van der Waals surface area contributed by atoms with Gasteiger partial charge >= 0.3 is 5.97 Å². The zero-order valence-electron chi connectivity index (χ0n) is 52.0. The maximum absolute atomic E-state index is 12.4. The van der Waals surface area contributed by atoms with E-state index in [1.54, 1.807) is 0 Å². The fraction of sp³-hybridized carbons (Fsp3) is 0.971. The highest BCUT2D eigenvalue weighted by Crippen LogP contribution is 2.20. The van der Waals surface area contributed by atoms with Gasteiger partial charge in [-0.3, -0.25) is 9.59 Å². The molecule has 6 heteroatoms. The number of aliphatic hydroxyl groups excluding tert-OH is 2. The molecule has 0 aliphatic rings. The molecular weight excluding hydrogens is 935 g/mol. The van der Waals surface area contributed by atoms with Crippen LogP contribution in [-0.4, -0.2) is 47.4 Å². The first kappa shape index (κ1) is 74.9. The van der Waals surface area contributed by atoms with E-state index in [9.17, 15) is 19.8 Å². The first-order chi connectivity index (χ1) is 37.5. The van der Waals surface area contributed by atoms with Gasteiger partial charge in [-0.25, -0.2) is 0 Å². The summed E-state index contributed by atoms with van der Waals surface area (Å²) in [7, 11) is 0. The van der Waals surface area contributed by atoms with Gasteiger partial charge in [0.25, 0.3) is 0 Å². The first-order valence-electron chi connectivity index (χ1n) is 35.3. The van der Waals surface area contributed by atoms with Gasteiger partial charge in [-0.05, 0) is 25.7 Å². The number of hydrogen-bond acceptors (Lipinski definition) is 5. The molecule has 0 spiro atoms. The maximum Gasteiger partial charge on any atom is 0.305 e. The molecule has 2 unspecified atom stereocenters. The van der Waals surface area contributed by atoms with Crippen LogP contribution >= 0.6 is 0 Å². The van der Waals surface area contributed by atoms with Gasteiger partial charge in [-0.2, -0.15) is 0 Å². The largest absolute Gasteiger partial charge is 0.466 e. The summed E-state index contributed by atoms with van der Waals surface area (Å²) in [5, 5.41) is 23.1. The van der Waals surface area contributed by atoms with E-state index >= 15 is 0 Å². The van der Waals surface area contributed by atoms with Crippen molar-refractivity contribution in [2.75, 3.05) is 13.2 Å². The van der Waals surface area contributed by atoms with Crippen molar-refractivity contribution in [1.82, 2.24) is 5.32 Å². The van der Waals surface area contributed by atoms with Gasteiger partial charge in [0.05, 0.1) is 25.4 Å². The molecule has 0 rings (SSSR count). The molecule has 0 aliphatic heterocycles. The Hall–Kier alpha value is -1.14. The summed E-state index contributed by atoms with van der Waals surface area (Å²) in [5.41, 5.74) is 0. The molecule has 0 radical (unpaired) electrons. The van der Waals surface area contributed by atoms with Crippen molar-refractivity contribution in [2.45, 2.75) is 424 Å². The van der Waals surface area contributed by atoms with Crippen molar-refractivity contribution >= 4 is 11.9 Å². The van der Waals surface area contributed by atoms with Crippen molar-refractivity contribution < 1.29 is 24.5 Å². The Morgan fingerprint density at radius 1 is 0.316 bits per heavy atom. The van der Waals surface area contributed by atoms with Crippen LogP contribution in [0.2, 0.25) is 0 Å². The molecule has 3 N–H and O–H groups in total. The molecule has 0 aliphatic carbocycles. The van der Waals surface area contributed by atoms with E-state index in [1.807, 2.05) is 0 Å². The monoisotopic (exact) mass is 1070 g/mol. The lowest BCUT2D eigenvalue weighted by Gasteiger charge is -2.22. The maximum atomic E-state index is 12.4. The number of unbranched alkanes of at least 4 members (excludes halogenated alkanes) is 56. The van der Waals surface area contributed by atoms with Crippen LogP contribution in [0.25, 0.3) is 0 Å². The SMILES string of the molecule is CCCCCCCCCCCCCCCCCC(=O)OCCCCCCCCCCCCCCCCCCCCCCCCCCCCCCCCCCCCCC(=O)NC(CO)C(O)CCCCCCCCCCC. The van der Waals surface area contributed by atoms with Crippen LogP contribution in [0.3, 0.4) is 0 Å². The van der Waals surface area contributed by atoms with Gasteiger partial charge < -0.3 is 20.3 Å². The predicted octanol–water partition coefficient (Wildman–Crippen LogP) is 22.6. The van der Waals surface area contributed by atoms with E-state index in [1.165, 1.54) is 340 Å². The highest BCUT2D eigenvalue weighted by molar-refractivity contribution is 5.76. The average molecular weight is 1070 g/mol. The molecule has 0 aromatic rings. The molecule has 0 aromatic carbocycles. The van der Waals surface area contributed by atoms with E-state index in [2.05, 4.69) is 19.2 Å². The van der Waals surface area contributed by atoms with Crippen LogP contribution in [0.4, 0.5) is 0 Å². The fourth-order valence-corrected chi connectivity index (χ4v) is 11.5. The number of carbonyl (C=O) groups excluding carboxylic acids is 2. The minimum atomic E-state index is -0.657. The third-order valence-corrected chi connectivity index (χ3v) is 16.9. The van der Waals surface area contributed by atoms with Gasteiger partial charge in [-0.15, -0.1) is 0 Å². The lowest BCUT2D eigenvalue weighted by atomic mass is 10.0. The predicted molar refractivity (Wildman–Crippen MR) is 334 cm³/mol. The summed E-state index contributed by atoms with van der Waals surface area (Å²) in [6.45, 7) is 4.98. The number of ether oxygens (including phenoxy) is 1. The van der Waals surface area contributed by atoms with Crippen molar-refractivity contribution in [1.29, 1.82) is 0 Å². The quantitative estimate of drug-likeness (QED) is 0.0417. The van der Waals surface area contributed by atoms with Crippen molar-refractivity contribution in [3.8, 4) is 0 Å². The summed E-state index contributed by atoms with van der Waals surface area (Å²) in [5.74, 6) is -0.00316. The minimum absolute atomic E-state index is 0.0265. The molecule has 76 heavy (non-hydrogen) atoms. The Balaban J connectivity index is 3.25. The summed E-state index contributed by atoms with van der Waals surface area (Å²) in [6.07, 6.45) is 80.4. The number of nitrogens with one attached hydrogen (secondary N) is 1. The lowest BCUT2D eigenvalue weighted by molar-refractivity contribution is -0.143. The normalized spacial score (nSPS) is 12.4. The summed E-state index contributed by atoms with van der Waals surface area (Å²) in [4.78, 5) is 24.5. The van der Waals surface area contributed by atoms with Crippen LogP contribution in [0.5, 0.6) is 0 Å². The number of rotatable bonds is 67. The van der Waals surface area contributed by atoms with E-state index in [4.69, 9.17) is 4.74 Å². The Bertz CT molecular complexity index is 1100. The van der Waals surface area contributed by atoms with Gasteiger partial charge in [0.2, 0.25) is 5.91 Å². The van der Waals surface area contributed by atoms with Crippen LogP contribution in [-0.2, 0) is 14.3 Å². The molecule has 0 bridgehead atoms. The number of esters is 1. The third kappa shape index (κ3) is 62.1. The lowest BCUT2D eigenvalue weighted by Crippen LogP contribution is -2.45. The number of hydrogen-bond donors (Lipinski definition) is 3. The number of amides is 1. The summed E-state index contributed by atoms with van der Waals surface area (Å²) in [6, 6.07) is -0.534. The van der Waals surface area contributed by atoms with Gasteiger partial charge in [0.15, 0.2) is 0 Å². The molecule has 454 valence electrons. The van der Waals surface area contributed by atoms with Crippen LogP contribution in [0.15, 0.2) is 0 Å². The van der Waals surface area contributed by atoms with Crippen LogP contribution in [0, 0.1) is 0 Å². The van der Waals surface area contributed by atoms with Gasteiger partial charge in [0, 0.05) is 12.8 Å². The van der Waals surface area contributed by atoms with Gasteiger partial charge in [-0.1, -0.05) is 373 Å². The number of carbonyl (C=O) groups is 2. The summed E-state index contributed by atoms with van der Waals surface area (Å²) >= 11 is 0.